The van der Waals surface area contributed by atoms with Gasteiger partial charge in [0, 0.05) is 68.9 Å². The Morgan fingerprint density at radius 2 is 1.74 bits per heavy atom. The number of fused-ring (bicyclic) bond motifs is 1. The number of aromatic amines is 1. The number of H-pyrrole nitrogens is 1. The molecule has 11 heteroatoms. The lowest BCUT2D eigenvalue weighted by molar-refractivity contribution is 0.115. The molecule has 2 N–H and O–H groups in total. The molecule has 0 atom stereocenters. The number of benzene rings is 1. The molecule has 39 heavy (non-hydrogen) atoms. The van der Waals surface area contributed by atoms with E-state index in [1.165, 1.54) is 43.8 Å². The van der Waals surface area contributed by atoms with Gasteiger partial charge in [0.25, 0.3) is 0 Å². The second-order valence-corrected chi connectivity index (χ2v) is 11.6. The van der Waals surface area contributed by atoms with Crippen LogP contribution in [0.15, 0.2) is 46.5 Å². The first-order chi connectivity index (χ1) is 18.9. The standard InChI is InChI=1S/C28H34FN9S.2H2/c1-18-4-5-20-15-22(16-23(29)27(20)30-18)39-28-32-24(31-25-14-19(2)34-35-25)17-26(33-28)38-12-10-37(11-13-38)21-6-8-36(3)9-7-21;;/h4-5,14-17,21H,6-13H2,1-3H3,(H2,31,32,33,34,35);2*1H. The molecule has 2 saturated heterocycles. The van der Waals surface area contributed by atoms with Crippen LogP contribution in [-0.2, 0) is 0 Å². The van der Waals surface area contributed by atoms with E-state index in [1.807, 2.05) is 44.2 Å². The summed E-state index contributed by atoms with van der Waals surface area (Å²) in [6.45, 7) is 10.0. The number of aryl methyl sites for hydroxylation is 2. The second kappa shape index (κ2) is 11.1. The van der Waals surface area contributed by atoms with E-state index in [-0.39, 0.29) is 8.67 Å². The van der Waals surface area contributed by atoms with Crippen LogP contribution in [0, 0.1) is 19.7 Å². The van der Waals surface area contributed by atoms with Gasteiger partial charge in [0.2, 0.25) is 0 Å². The smallest absolute Gasteiger partial charge is 0.196 e. The summed E-state index contributed by atoms with van der Waals surface area (Å²) in [4.78, 5) is 22.1. The fraction of sp³-hybridized carbons (Fsp3) is 0.429. The number of aromatic nitrogens is 5. The van der Waals surface area contributed by atoms with Crippen molar-refractivity contribution in [3.8, 4) is 0 Å². The molecule has 2 aliphatic heterocycles. The van der Waals surface area contributed by atoms with Crippen molar-refractivity contribution in [3.05, 3.63) is 53.6 Å². The highest BCUT2D eigenvalue weighted by Gasteiger charge is 2.27. The number of likely N-dealkylation sites (tertiary alicyclic amines) is 1. The third kappa shape index (κ3) is 6.00. The molecule has 0 saturated carbocycles. The number of anilines is 3. The van der Waals surface area contributed by atoms with Crippen LogP contribution in [-0.4, -0.2) is 87.3 Å². The number of rotatable bonds is 6. The van der Waals surface area contributed by atoms with Gasteiger partial charge in [0.15, 0.2) is 16.8 Å². The molecule has 6 rings (SSSR count). The Labute approximate surface area is 235 Å². The summed E-state index contributed by atoms with van der Waals surface area (Å²) in [6, 6.07) is 11.8. The monoisotopic (exact) mass is 551 g/mol. The Morgan fingerprint density at radius 3 is 2.49 bits per heavy atom. The van der Waals surface area contributed by atoms with Gasteiger partial charge in [-0.15, -0.1) is 0 Å². The molecule has 5 heterocycles. The van der Waals surface area contributed by atoms with Crippen molar-refractivity contribution in [2.45, 2.75) is 42.8 Å². The van der Waals surface area contributed by atoms with Crippen LogP contribution in [0.1, 0.15) is 27.1 Å². The van der Waals surface area contributed by atoms with Crippen molar-refractivity contribution in [1.82, 2.24) is 34.9 Å². The first-order valence-corrected chi connectivity index (χ1v) is 14.3. The second-order valence-electron chi connectivity index (χ2n) is 10.5. The molecule has 0 unspecified atom stereocenters. The quantitative estimate of drug-likeness (QED) is 0.318. The summed E-state index contributed by atoms with van der Waals surface area (Å²) in [6.07, 6.45) is 2.47. The molecule has 0 bridgehead atoms. The maximum Gasteiger partial charge on any atom is 0.196 e. The van der Waals surface area contributed by atoms with Crippen LogP contribution in [0.5, 0.6) is 0 Å². The lowest BCUT2D eigenvalue weighted by Gasteiger charge is -2.42. The molecule has 0 aliphatic carbocycles. The molecule has 3 aromatic heterocycles. The molecule has 2 fully saturated rings. The van der Waals surface area contributed by atoms with E-state index in [4.69, 9.17) is 9.97 Å². The van der Waals surface area contributed by atoms with E-state index in [0.29, 0.717) is 28.4 Å². The van der Waals surface area contributed by atoms with E-state index in [9.17, 15) is 4.39 Å². The van der Waals surface area contributed by atoms with Gasteiger partial charge in [0.05, 0.1) is 0 Å². The number of hydrogen-bond donors (Lipinski definition) is 2. The van der Waals surface area contributed by atoms with Crippen molar-refractivity contribution in [2.75, 3.05) is 56.5 Å². The van der Waals surface area contributed by atoms with Crippen molar-refractivity contribution in [3.63, 3.8) is 0 Å². The maximum atomic E-state index is 14.9. The van der Waals surface area contributed by atoms with Gasteiger partial charge in [-0.2, -0.15) is 5.10 Å². The van der Waals surface area contributed by atoms with E-state index in [1.54, 1.807) is 0 Å². The largest absolute Gasteiger partial charge is 0.354 e. The number of hydrogen-bond acceptors (Lipinski definition) is 9. The Bertz CT molecular complexity index is 1470. The molecule has 0 spiro atoms. The van der Waals surface area contributed by atoms with Gasteiger partial charge in [-0.25, -0.2) is 14.4 Å². The van der Waals surface area contributed by atoms with Crippen LogP contribution in [0.2, 0.25) is 0 Å². The molecule has 208 valence electrons. The van der Waals surface area contributed by atoms with E-state index >= 15 is 0 Å². The van der Waals surface area contributed by atoms with Crippen LogP contribution >= 0.6 is 11.8 Å². The number of halogens is 1. The Kier molecular flexibility index (Phi) is 7.37. The van der Waals surface area contributed by atoms with Crippen LogP contribution < -0.4 is 10.2 Å². The highest BCUT2D eigenvalue weighted by Crippen LogP contribution is 2.32. The highest BCUT2D eigenvalue weighted by atomic mass is 32.2. The van der Waals surface area contributed by atoms with E-state index in [0.717, 1.165) is 53.7 Å². The number of pyridine rings is 1. The Morgan fingerprint density at radius 1 is 0.949 bits per heavy atom. The van der Waals surface area contributed by atoms with Crippen LogP contribution in [0.4, 0.5) is 21.8 Å². The fourth-order valence-corrected chi connectivity index (χ4v) is 6.24. The zero-order valence-corrected chi connectivity index (χ0v) is 23.4. The van der Waals surface area contributed by atoms with Crippen molar-refractivity contribution in [1.29, 1.82) is 0 Å². The van der Waals surface area contributed by atoms with E-state index < -0.39 is 0 Å². The fourth-order valence-electron chi connectivity index (χ4n) is 5.40. The third-order valence-corrected chi connectivity index (χ3v) is 8.40. The first-order valence-electron chi connectivity index (χ1n) is 13.5. The number of piperidine rings is 1. The summed E-state index contributed by atoms with van der Waals surface area (Å²) < 4.78 is 14.9. The highest BCUT2D eigenvalue weighted by molar-refractivity contribution is 7.99. The SMILES string of the molecule is Cc1ccc2cc(Sc3nc(Nc4cc(C)[nH]n4)cc(N4CCN(C5CCN(C)CC5)CC4)n3)cc(F)c2n1.[HH].[HH]. The molecule has 2 aliphatic rings. The van der Waals surface area contributed by atoms with Crippen molar-refractivity contribution >= 4 is 40.1 Å². The van der Waals surface area contributed by atoms with E-state index in [2.05, 4.69) is 42.2 Å². The zero-order chi connectivity index (χ0) is 26.9. The molecule has 9 nitrogen and oxygen atoms in total. The van der Waals surface area contributed by atoms with Crippen LogP contribution in [0.3, 0.4) is 0 Å². The lowest BCUT2D eigenvalue weighted by Crippen LogP contribution is -2.53. The summed E-state index contributed by atoms with van der Waals surface area (Å²) in [5.74, 6) is 1.87. The normalized spacial score (nSPS) is 17.7. The third-order valence-electron chi connectivity index (χ3n) is 7.56. The van der Waals surface area contributed by atoms with Crippen molar-refractivity contribution < 1.29 is 7.24 Å². The summed E-state index contributed by atoms with van der Waals surface area (Å²) in [5, 5.41) is 11.9. The van der Waals surface area contributed by atoms with Gasteiger partial charge < -0.3 is 15.1 Å². The van der Waals surface area contributed by atoms with Crippen molar-refractivity contribution in [2.24, 2.45) is 0 Å². The van der Waals surface area contributed by atoms with Gasteiger partial charge in [-0.1, -0.05) is 6.07 Å². The number of piperazine rings is 1. The molecular formula is C28H38FN9S. The number of nitrogens with one attached hydrogen (secondary N) is 2. The van der Waals surface area contributed by atoms with Gasteiger partial charge >= 0.3 is 0 Å². The lowest BCUT2D eigenvalue weighted by atomic mass is 10.0. The molecular weight excluding hydrogens is 513 g/mol. The van der Waals surface area contributed by atoms with Gasteiger partial charge in [-0.05, 0) is 76.8 Å². The first kappa shape index (κ1) is 26.0. The molecule has 4 aromatic rings. The number of nitrogens with zero attached hydrogens (tertiary/aromatic N) is 7. The Balaban J connectivity index is 0.00000194. The van der Waals surface area contributed by atoms with Crippen LogP contribution in [0.25, 0.3) is 10.9 Å². The average Bonchev–Trinajstić information content (AvgIpc) is 3.34. The molecule has 0 amide bonds. The topological polar surface area (TPSA) is 89.1 Å². The van der Waals surface area contributed by atoms with Gasteiger partial charge in [-0.3, -0.25) is 15.0 Å². The predicted octanol–water partition coefficient (Wildman–Crippen LogP) is 5.11. The minimum atomic E-state index is -0.342. The zero-order valence-electron chi connectivity index (χ0n) is 22.6. The maximum absolute atomic E-state index is 14.9. The predicted molar refractivity (Wildman–Crippen MR) is 158 cm³/mol. The average molecular weight is 552 g/mol. The van der Waals surface area contributed by atoms with Gasteiger partial charge in [0.1, 0.15) is 17.2 Å². The summed E-state index contributed by atoms with van der Waals surface area (Å²) in [7, 11) is 2.21. The molecule has 1 aromatic carbocycles. The molecule has 0 radical (unpaired) electrons. The minimum absolute atomic E-state index is 0. The minimum Gasteiger partial charge on any atom is -0.354 e. The Hall–Kier alpha value is -3.28. The summed E-state index contributed by atoms with van der Waals surface area (Å²) >= 11 is 1.35. The summed E-state index contributed by atoms with van der Waals surface area (Å²) in [5.41, 5.74) is 2.13.